The third kappa shape index (κ3) is 3.57. The first-order chi connectivity index (χ1) is 14.5. The fourth-order valence-electron chi connectivity index (χ4n) is 3.53. The molecule has 0 spiro atoms. The largest absolute Gasteiger partial charge is 0.493 e. The molecule has 0 aliphatic carbocycles. The van der Waals surface area contributed by atoms with Gasteiger partial charge in [0.05, 0.1) is 35.7 Å². The molecule has 0 radical (unpaired) electrons. The van der Waals surface area contributed by atoms with Crippen LogP contribution in [0.4, 0.5) is 0 Å². The summed E-state index contributed by atoms with van der Waals surface area (Å²) in [6, 6.07) is 15.6. The molecule has 6 nitrogen and oxygen atoms in total. The molecule has 0 saturated carbocycles. The normalized spacial score (nSPS) is 16.4. The van der Waals surface area contributed by atoms with E-state index in [1.54, 1.807) is 44.6 Å². The molecule has 156 valence electrons. The third-order valence-corrected chi connectivity index (χ3v) is 7.65. The summed E-state index contributed by atoms with van der Waals surface area (Å²) in [5, 5.41) is 6.52. The molecular weight excluding hydrogens is 420 g/mol. The van der Waals surface area contributed by atoms with Crippen LogP contribution in [0.25, 0.3) is 0 Å². The number of hydrogen-bond acceptors (Lipinski definition) is 6. The molecule has 8 heteroatoms. The predicted octanol–water partition coefficient (Wildman–Crippen LogP) is 4.61. The van der Waals surface area contributed by atoms with Crippen molar-refractivity contribution in [2.75, 3.05) is 14.2 Å². The summed E-state index contributed by atoms with van der Waals surface area (Å²) in [5.74, 6) is 1.06. The highest BCUT2D eigenvalue weighted by molar-refractivity contribution is 7.89. The number of rotatable bonds is 6. The van der Waals surface area contributed by atoms with E-state index in [1.165, 1.54) is 15.8 Å². The van der Waals surface area contributed by atoms with Crippen LogP contribution in [0.5, 0.6) is 11.5 Å². The Kier molecular flexibility index (Phi) is 5.53. The highest BCUT2D eigenvalue weighted by Crippen LogP contribution is 2.44. The zero-order valence-electron chi connectivity index (χ0n) is 16.9. The van der Waals surface area contributed by atoms with Crippen LogP contribution in [0.1, 0.15) is 28.5 Å². The lowest BCUT2D eigenvalue weighted by molar-refractivity contribution is 0.328. The van der Waals surface area contributed by atoms with E-state index in [2.05, 4.69) is 5.10 Å². The van der Waals surface area contributed by atoms with Crippen molar-refractivity contribution in [3.63, 3.8) is 0 Å². The first kappa shape index (κ1) is 20.4. The number of nitrogens with zero attached hydrogens (tertiary/aromatic N) is 2. The van der Waals surface area contributed by atoms with E-state index in [1.807, 2.05) is 36.6 Å². The molecular formula is C22H22N2O4S2. The van der Waals surface area contributed by atoms with Crippen LogP contribution in [0.3, 0.4) is 0 Å². The Morgan fingerprint density at radius 1 is 1.03 bits per heavy atom. The Hall–Kier alpha value is -2.84. The van der Waals surface area contributed by atoms with E-state index in [0.29, 0.717) is 23.5 Å². The Bertz CT molecular complexity index is 1170. The summed E-state index contributed by atoms with van der Waals surface area (Å²) in [6.45, 7) is 1.92. The maximum absolute atomic E-state index is 13.5. The van der Waals surface area contributed by atoms with Gasteiger partial charge < -0.3 is 9.47 Å². The van der Waals surface area contributed by atoms with Gasteiger partial charge in [0, 0.05) is 12.0 Å². The maximum Gasteiger partial charge on any atom is 0.279 e. The van der Waals surface area contributed by atoms with Gasteiger partial charge in [0.15, 0.2) is 11.5 Å². The van der Waals surface area contributed by atoms with E-state index in [9.17, 15) is 8.42 Å². The van der Waals surface area contributed by atoms with Gasteiger partial charge in [0.25, 0.3) is 10.0 Å². The fourth-order valence-corrected chi connectivity index (χ4v) is 5.67. The summed E-state index contributed by atoms with van der Waals surface area (Å²) in [4.78, 5) is 1.15. The second kappa shape index (κ2) is 8.12. The van der Waals surface area contributed by atoms with Crippen LogP contribution >= 0.6 is 11.3 Å². The first-order valence-corrected chi connectivity index (χ1v) is 11.7. The standard InChI is InChI=1S/C22H22N2O4S2/c1-15-9-11-16(12-10-15)30(25,26)24-19(14-18(23-24)21-8-5-13-29-21)17-6-4-7-20(27-2)22(17)28-3/h4-13,19H,14H2,1-3H3. The predicted molar refractivity (Wildman–Crippen MR) is 118 cm³/mol. The van der Waals surface area contributed by atoms with Crippen molar-refractivity contribution in [2.45, 2.75) is 24.3 Å². The van der Waals surface area contributed by atoms with Crippen molar-refractivity contribution in [1.29, 1.82) is 0 Å². The average Bonchev–Trinajstić information content (AvgIpc) is 3.43. The molecule has 2 aromatic carbocycles. The molecule has 1 unspecified atom stereocenters. The average molecular weight is 443 g/mol. The van der Waals surface area contributed by atoms with Crippen LogP contribution in [-0.4, -0.2) is 32.8 Å². The number of hydrogen-bond donors (Lipinski definition) is 0. The lowest BCUT2D eigenvalue weighted by Gasteiger charge is -2.25. The molecule has 0 N–H and O–H groups in total. The van der Waals surface area contributed by atoms with Gasteiger partial charge in [-0.2, -0.15) is 17.9 Å². The van der Waals surface area contributed by atoms with Gasteiger partial charge in [-0.1, -0.05) is 35.9 Å². The number of hydrazone groups is 1. The van der Waals surface area contributed by atoms with Crippen molar-refractivity contribution in [1.82, 2.24) is 4.41 Å². The number of thiophene rings is 1. The summed E-state index contributed by atoms with van der Waals surface area (Å²) < 4.78 is 39.3. The molecule has 2 heterocycles. The minimum Gasteiger partial charge on any atom is -0.493 e. The zero-order chi connectivity index (χ0) is 21.3. The van der Waals surface area contributed by atoms with E-state index in [-0.39, 0.29) is 4.90 Å². The first-order valence-electron chi connectivity index (χ1n) is 9.39. The summed E-state index contributed by atoms with van der Waals surface area (Å²) in [7, 11) is -0.755. The molecule has 4 rings (SSSR count). The van der Waals surface area contributed by atoms with Gasteiger partial charge in [-0.15, -0.1) is 11.3 Å². The summed E-state index contributed by atoms with van der Waals surface area (Å²) in [5.41, 5.74) is 2.43. The minimum absolute atomic E-state index is 0.205. The van der Waals surface area contributed by atoms with Crippen molar-refractivity contribution in [3.8, 4) is 11.5 Å². The Morgan fingerprint density at radius 2 is 1.80 bits per heavy atom. The maximum atomic E-state index is 13.5. The molecule has 0 fully saturated rings. The lowest BCUT2D eigenvalue weighted by atomic mass is 10.0. The number of benzene rings is 2. The van der Waals surface area contributed by atoms with Crippen LogP contribution in [0.15, 0.2) is 70.0 Å². The monoisotopic (exact) mass is 442 g/mol. The molecule has 1 aromatic heterocycles. The molecule has 0 bridgehead atoms. The SMILES string of the molecule is COc1cccc(C2CC(c3cccs3)=NN2S(=O)(=O)c2ccc(C)cc2)c1OC. The van der Waals surface area contributed by atoms with Gasteiger partial charge in [-0.25, -0.2) is 0 Å². The van der Waals surface area contributed by atoms with Crippen LogP contribution in [-0.2, 0) is 10.0 Å². The second-order valence-corrected chi connectivity index (χ2v) is 9.66. The molecule has 0 saturated heterocycles. The van der Waals surface area contributed by atoms with E-state index in [4.69, 9.17) is 9.47 Å². The van der Waals surface area contributed by atoms with Crippen molar-refractivity contribution >= 4 is 27.1 Å². The van der Waals surface area contributed by atoms with Crippen LogP contribution < -0.4 is 9.47 Å². The number of aryl methyl sites for hydroxylation is 1. The molecule has 0 amide bonds. The number of sulfonamides is 1. The minimum atomic E-state index is -3.87. The van der Waals surface area contributed by atoms with Gasteiger partial charge >= 0.3 is 0 Å². The van der Waals surface area contributed by atoms with Crippen molar-refractivity contribution in [2.24, 2.45) is 5.10 Å². The molecule has 1 aliphatic rings. The lowest BCUT2D eigenvalue weighted by Crippen LogP contribution is -2.27. The Balaban J connectivity index is 1.85. The van der Waals surface area contributed by atoms with Crippen LogP contribution in [0.2, 0.25) is 0 Å². The van der Waals surface area contributed by atoms with Gasteiger partial charge in [0.2, 0.25) is 0 Å². The zero-order valence-corrected chi connectivity index (χ0v) is 18.5. The Morgan fingerprint density at radius 3 is 2.43 bits per heavy atom. The van der Waals surface area contributed by atoms with Crippen molar-refractivity contribution in [3.05, 3.63) is 76.0 Å². The number of methoxy groups -OCH3 is 2. The Labute approximate surface area is 180 Å². The fraction of sp³-hybridized carbons (Fsp3) is 0.227. The number of ether oxygens (including phenoxy) is 2. The highest BCUT2D eigenvalue weighted by Gasteiger charge is 2.39. The summed E-state index contributed by atoms with van der Waals surface area (Å²) in [6.07, 6.45) is 0.440. The van der Waals surface area contributed by atoms with Gasteiger partial charge in [-0.05, 0) is 36.6 Å². The van der Waals surface area contributed by atoms with Gasteiger partial charge in [-0.3, -0.25) is 0 Å². The van der Waals surface area contributed by atoms with Crippen LogP contribution in [0, 0.1) is 6.92 Å². The topological polar surface area (TPSA) is 68.2 Å². The van der Waals surface area contributed by atoms with E-state index in [0.717, 1.165) is 16.2 Å². The highest BCUT2D eigenvalue weighted by atomic mass is 32.2. The van der Waals surface area contributed by atoms with Gasteiger partial charge in [0.1, 0.15) is 0 Å². The summed E-state index contributed by atoms with van der Waals surface area (Å²) >= 11 is 1.54. The quantitative estimate of drug-likeness (QED) is 0.559. The van der Waals surface area contributed by atoms with Crippen molar-refractivity contribution < 1.29 is 17.9 Å². The molecule has 1 aliphatic heterocycles. The van der Waals surface area contributed by atoms with E-state index < -0.39 is 16.1 Å². The molecule has 30 heavy (non-hydrogen) atoms. The second-order valence-electron chi connectivity index (χ2n) is 6.92. The van der Waals surface area contributed by atoms with E-state index >= 15 is 0 Å². The smallest absolute Gasteiger partial charge is 0.279 e. The molecule has 1 atom stereocenters. The third-order valence-electron chi connectivity index (χ3n) is 5.04. The molecule has 3 aromatic rings. The number of para-hydroxylation sites is 1.